The Morgan fingerprint density at radius 1 is 0.680 bits per heavy atom. The van der Waals surface area contributed by atoms with Crippen molar-refractivity contribution >= 4 is 23.8 Å². The van der Waals surface area contributed by atoms with Crippen molar-refractivity contribution in [3.8, 4) is 0 Å². The van der Waals surface area contributed by atoms with E-state index in [4.69, 9.17) is 0 Å². The number of hydrogen-bond acceptors (Lipinski definition) is 4. The molecule has 5 heteroatoms. The lowest BCUT2D eigenvalue weighted by Gasteiger charge is -2.43. The van der Waals surface area contributed by atoms with Crippen LogP contribution in [0, 0.1) is 0 Å². The van der Waals surface area contributed by atoms with Crippen molar-refractivity contribution in [1.82, 2.24) is 9.88 Å². The van der Waals surface area contributed by atoms with Crippen molar-refractivity contribution < 1.29 is 0 Å². The summed E-state index contributed by atoms with van der Waals surface area (Å²) in [4.78, 5) is 11.8. The number of nitrogens with zero attached hydrogens (tertiary/aromatic N) is 4. The Morgan fingerprint density at radius 3 is 1.88 bits per heavy atom. The van der Waals surface area contributed by atoms with Crippen LogP contribution >= 0.6 is 12.4 Å². The zero-order valence-electron chi connectivity index (χ0n) is 14.6. The molecule has 2 fully saturated rings. The maximum Gasteiger partial charge on any atom is 0.0397 e. The van der Waals surface area contributed by atoms with E-state index in [1.807, 2.05) is 12.4 Å². The molecule has 0 radical (unpaired) electrons. The first-order valence-corrected chi connectivity index (χ1v) is 9.09. The van der Waals surface area contributed by atoms with Crippen LogP contribution in [0.4, 0.5) is 11.4 Å². The Labute approximate surface area is 156 Å². The average molecular weight is 359 g/mol. The molecule has 2 aromatic rings. The summed E-state index contributed by atoms with van der Waals surface area (Å²) in [6.07, 6.45) is 6.33. The van der Waals surface area contributed by atoms with E-state index in [9.17, 15) is 0 Å². The molecule has 1 aromatic heterocycles. The van der Waals surface area contributed by atoms with Crippen LogP contribution < -0.4 is 9.80 Å². The zero-order valence-corrected chi connectivity index (χ0v) is 15.4. The number of piperazine rings is 1. The Balaban J connectivity index is 0.00000182. The molecule has 4 rings (SSSR count). The number of hydrogen-bond donors (Lipinski definition) is 0. The molecule has 0 aliphatic carbocycles. The van der Waals surface area contributed by atoms with Gasteiger partial charge in [0.2, 0.25) is 0 Å². The predicted octanol–water partition coefficient (Wildman–Crippen LogP) is 3.29. The minimum absolute atomic E-state index is 0. The molecule has 0 unspecified atom stereocenters. The molecule has 0 bridgehead atoms. The molecule has 2 aliphatic rings. The first-order chi connectivity index (χ1) is 11.9. The topological polar surface area (TPSA) is 22.6 Å². The third-order valence-corrected chi connectivity index (χ3v) is 5.44. The van der Waals surface area contributed by atoms with Crippen LogP contribution in [0.25, 0.3) is 0 Å². The highest BCUT2D eigenvalue weighted by atomic mass is 35.5. The van der Waals surface area contributed by atoms with Crippen LogP contribution in [0.5, 0.6) is 0 Å². The highest BCUT2D eigenvalue weighted by Gasteiger charge is 2.27. The first kappa shape index (κ1) is 18.0. The van der Waals surface area contributed by atoms with E-state index in [1.54, 1.807) is 0 Å². The minimum Gasteiger partial charge on any atom is -0.371 e. The molecule has 3 heterocycles. The molecule has 134 valence electrons. The molecule has 0 spiro atoms. The van der Waals surface area contributed by atoms with Gasteiger partial charge in [0, 0.05) is 69.1 Å². The molecule has 0 saturated carbocycles. The summed E-state index contributed by atoms with van der Waals surface area (Å²) in [5.74, 6) is 0. The van der Waals surface area contributed by atoms with E-state index < -0.39 is 0 Å². The molecule has 2 saturated heterocycles. The van der Waals surface area contributed by atoms with E-state index in [0.717, 1.165) is 32.2 Å². The third kappa shape index (κ3) is 4.25. The summed E-state index contributed by atoms with van der Waals surface area (Å²) in [6, 6.07) is 15.8. The monoisotopic (exact) mass is 358 g/mol. The predicted molar refractivity (Wildman–Crippen MR) is 107 cm³/mol. The Kier molecular flexibility index (Phi) is 6.16. The number of piperidine rings is 1. The van der Waals surface area contributed by atoms with Gasteiger partial charge in [-0.05, 0) is 37.1 Å². The fourth-order valence-electron chi connectivity index (χ4n) is 4.03. The summed E-state index contributed by atoms with van der Waals surface area (Å²) >= 11 is 0. The summed E-state index contributed by atoms with van der Waals surface area (Å²) in [5, 5.41) is 0. The summed E-state index contributed by atoms with van der Waals surface area (Å²) in [6.45, 7) is 6.99. The fourth-order valence-corrected chi connectivity index (χ4v) is 4.03. The highest BCUT2D eigenvalue weighted by molar-refractivity contribution is 5.85. The molecule has 0 amide bonds. The Morgan fingerprint density at radius 2 is 1.24 bits per heavy atom. The van der Waals surface area contributed by atoms with Crippen LogP contribution in [0.15, 0.2) is 54.9 Å². The number of rotatable bonds is 3. The lowest BCUT2D eigenvalue weighted by Crippen LogP contribution is -2.53. The third-order valence-electron chi connectivity index (χ3n) is 5.44. The molecule has 25 heavy (non-hydrogen) atoms. The van der Waals surface area contributed by atoms with Crippen molar-refractivity contribution in [3.05, 3.63) is 54.9 Å². The first-order valence-electron chi connectivity index (χ1n) is 9.09. The van der Waals surface area contributed by atoms with Crippen LogP contribution in [-0.2, 0) is 0 Å². The van der Waals surface area contributed by atoms with Gasteiger partial charge in [-0.15, -0.1) is 12.4 Å². The normalized spacial score (nSPS) is 19.5. The summed E-state index contributed by atoms with van der Waals surface area (Å²) in [5.41, 5.74) is 2.68. The van der Waals surface area contributed by atoms with E-state index >= 15 is 0 Å². The number of anilines is 2. The van der Waals surface area contributed by atoms with Gasteiger partial charge in [-0.25, -0.2) is 0 Å². The summed E-state index contributed by atoms with van der Waals surface area (Å²) in [7, 11) is 0. The van der Waals surface area contributed by atoms with Gasteiger partial charge in [0.05, 0.1) is 0 Å². The number of para-hydroxylation sites is 1. The molecule has 0 N–H and O–H groups in total. The minimum atomic E-state index is 0. The Hall–Kier alpha value is -1.78. The molecule has 1 aromatic carbocycles. The van der Waals surface area contributed by atoms with Crippen molar-refractivity contribution in [2.24, 2.45) is 0 Å². The van der Waals surface area contributed by atoms with Gasteiger partial charge in [-0.2, -0.15) is 0 Å². The molecule has 4 nitrogen and oxygen atoms in total. The number of aromatic nitrogens is 1. The zero-order chi connectivity index (χ0) is 16.2. The van der Waals surface area contributed by atoms with E-state index in [1.165, 1.54) is 37.3 Å². The second kappa shape index (κ2) is 8.54. The van der Waals surface area contributed by atoms with Gasteiger partial charge >= 0.3 is 0 Å². The van der Waals surface area contributed by atoms with Crippen LogP contribution in [0.2, 0.25) is 0 Å². The Bertz CT molecular complexity index is 563. The van der Waals surface area contributed by atoms with Crippen LogP contribution in [0.3, 0.4) is 0 Å². The van der Waals surface area contributed by atoms with Crippen molar-refractivity contribution in [3.63, 3.8) is 0 Å². The quantitative estimate of drug-likeness (QED) is 0.839. The number of benzene rings is 1. The van der Waals surface area contributed by atoms with E-state index in [2.05, 4.69) is 62.1 Å². The SMILES string of the molecule is Cl.c1ccc(N2CCN(C3CCN(c4ccncc4)CC3)CC2)cc1. The second-order valence-electron chi connectivity index (χ2n) is 6.78. The average Bonchev–Trinajstić information content (AvgIpc) is 2.70. The molecular formula is C20H27ClN4. The van der Waals surface area contributed by atoms with Gasteiger partial charge in [0.25, 0.3) is 0 Å². The standard InChI is InChI=1S/C20H26N4.ClH/c1-2-4-18(5-3-1)23-14-16-24(17-15-23)20-8-12-22(13-9-20)19-6-10-21-11-7-19;/h1-7,10-11,20H,8-9,12-17H2;1H. The van der Waals surface area contributed by atoms with Crippen molar-refractivity contribution in [1.29, 1.82) is 0 Å². The van der Waals surface area contributed by atoms with Crippen LogP contribution in [-0.4, -0.2) is 55.2 Å². The van der Waals surface area contributed by atoms with Gasteiger partial charge in [0.15, 0.2) is 0 Å². The van der Waals surface area contributed by atoms with Crippen molar-refractivity contribution in [2.45, 2.75) is 18.9 Å². The lowest BCUT2D eigenvalue weighted by molar-refractivity contribution is 0.160. The number of pyridine rings is 1. The summed E-state index contributed by atoms with van der Waals surface area (Å²) < 4.78 is 0. The van der Waals surface area contributed by atoms with Gasteiger partial charge in [-0.3, -0.25) is 9.88 Å². The fraction of sp³-hybridized carbons (Fsp3) is 0.450. The maximum atomic E-state index is 4.12. The molecular weight excluding hydrogens is 332 g/mol. The van der Waals surface area contributed by atoms with E-state index in [-0.39, 0.29) is 12.4 Å². The maximum absolute atomic E-state index is 4.12. The molecule has 0 atom stereocenters. The smallest absolute Gasteiger partial charge is 0.0397 e. The second-order valence-corrected chi connectivity index (χ2v) is 6.78. The van der Waals surface area contributed by atoms with Gasteiger partial charge < -0.3 is 9.80 Å². The molecule has 2 aliphatic heterocycles. The lowest BCUT2D eigenvalue weighted by atomic mass is 10.0. The van der Waals surface area contributed by atoms with Gasteiger partial charge in [0.1, 0.15) is 0 Å². The van der Waals surface area contributed by atoms with Gasteiger partial charge in [-0.1, -0.05) is 18.2 Å². The van der Waals surface area contributed by atoms with Crippen LogP contribution in [0.1, 0.15) is 12.8 Å². The highest BCUT2D eigenvalue weighted by Crippen LogP contribution is 2.24. The van der Waals surface area contributed by atoms with Crippen molar-refractivity contribution in [2.75, 3.05) is 49.1 Å². The van der Waals surface area contributed by atoms with E-state index in [0.29, 0.717) is 0 Å². The largest absolute Gasteiger partial charge is 0.371 e. The number of halogens is 1.